The number of ether oxygens (including phenoxy) is 4. The average Bonchev–Trinajstić information content (AvgIpc) is 3.92. The van der Waals surface area contributed by atoms with Crippen molar-refractivity contribution in [2.24, 2.45) is 11.3 Å². The summed E-state index contributed by atoms with van der Waals surface area (Å²) in [5.41, 5.74) is -3.15. The molecule has 1 amide bonds. The highest BCUT2D eigenvalue weighted by atomic mass is 16.6. The van der Waals surface area contributed by atoms with Crippen LogP contribution in [0.4, 0.5) is 5.69 Å². The number of rotatable bonds is 8. The maximum absolute atomic E-state index is 15.3. The van der Waals surface area contributed by atoms with E-state index in [2.05, 4.69) is 20.9 Å². The van der Waals surface area contributed by atoms with E-state index in [0.717, 1.165) is 16.5 Å². The number of carbonyl (C=O) groups is 4. The van der Waals surface area contributed by atoms with E-state index in [1.807, 2.05) is 50.3 Å². The van der Waals surface area contributed by atoms with Gasteiger partial charge in [-0.05, 0) is 74.2 Å². The van der Waals surface area contributed by atoms with Gasteiger partial charge >= 0.3 is 17.9 Å². The number of aliphatic hydroxyl groups is 2. The van der Waals surface area contributed by atoms with Crippen LogP contribution in [0.15, 0.2) is 48.6 Å². The molecule has 1 unspecified atom stereocenters. The molecule has 1 saturated carbocycles. The fourth-order valence-electron chi connectivity index (χ4n) is 13.4. The zero-order chi connectivity index (χ0) is 42.6. The summed E-state index contributed by atoms with van der Waals surface area (Å²) in [7, 11) is 4.09. The summed E-state index contributed by atoms with van der Waals surface area (Å²) in [6.07, 6.45) is 5.83. The molecule has 6 heterocycles. The van der Waals surface area contributed by atoms with Gasteiger partial charge in [-0.15, -0.1) is 0 Å². The van der Waals surface area contributed by atoms with Crippen LogP contribution in [0.3, 0.4) is 0 Å². The van der Waals surface area contributed by atoms with Crippen molar-refractivity contribution in [2.75, 3.05) is 59.0 Å². The van der Waals surface area contributed by atoms with Crippen molar-refractivity contribution in [3.63, 3.8) is 0 Å². The first-order chi connectivity index (χ1) is 28.8. The summed E-state index contributed by atoms with van der Waals surface area (Å²) in [5, 5.41) is 26.3. The van der Waals surface area contributed by atoms with Gasteiger partial charge in [0.05, 0.1) is 38.7 Å². The van der Waals surface area contributed by atoms with Crippen LogP contribution in [0, 0.1) is 11.3 Å². The fraction of sp³-hybridized carbons (Fsp3) is 0.565. The number of para-hydroxylation sites is 1. The first-order valence-corrected chi connectivity index (χ1v) is 21.3. The highest BCUT2D eigenvalue weighted by Crippen LogP contribution is 2.68. The SMILES string of the molecule is CC[C@]1(O)C[C@H]2CN(CCc3c([nH]c4ccccc34)[C@@](C(=O)OC)(c3cc4c(cc3OC)N(C=O)[C@H]3[C@@](O)(C(=O)OC)[C@H](OC(C)=O)[C@]5(CC)C=CCN6CC[C@@]43[C@@H]65)C2)C1. The Morgan fingerprint density at radius 1 is 0.967 bits per heavy atom. The maximum Gasteiger partial charge on any atom is 0.344 e. The van der Waals surface area contributed by atoms with Crippen LogP contribution >= 0.6 is 0 Å². The molecule has 10 atom stereocenters. The summed E-state index contributed by atoms with van der Waals surface area (Å²) in [6.45, 7) is 8.16. The van der Waals surface area contributed by atoms with Crippen molar-refractivity contribution in [1.29, 1.82) is 0 Å². The van der Waals surface area contributed by atoms with Crippen molar-refractivity contribution in [3.8, 4) is 5.75 Å². The minimum atomic E-state index is -2.53. The normalized spacial score (nSPS) is 36.5. The molecular weight excluding hydrogens is 769 g/mol. The van der Waals surface area contributed by atoms with Crippen molar-refractivity contribution < 1.29 is 48.3 Å². The lowest BCUT2D eigenvalue weighted by Gasteiger charge is -2.63. The molecule has 2 aromatic carbocycles. The Morgan fingerprint density at radius 2 is 1.73 bits per heavy atom. The number of carbonyl (C=O) groups excluding carboxylic acids is 4. The molecule has 6 aliphatic rings. The average molecular weight is 825 g/mol. The molecule has 1 spiro atoms. The smallest absolute Gasteiger partial charge is 0.344 e. The molecule has 2 saturated heterocycles. The van der Waals surface area contributed by atoms with Gasteiger partial charge in [-0.25, -0.2) is 4.79 Å². The molecule has 3 N–H and O–H groups in total. The quantitative estimate of drug-likeness (QED) is 0.131. The zero-order valence-corrected chi connectivity index (χ0v) is 35.3. The van der Waals surface area contributed by atoms with Crippen LogP contribution in [0.5, 0.6) is 5.75 Å². The second-order valence-electron chi connectivity index (χ2n) is 18.1. The molecule has 3 aromatic rings. The van der Waals surface area contributed by atoms with Crippen molar-refractivity contribution in [3.05, 3.63) is 70.9 Å². The number of aromatic amines is 1. The van der Waals surface area contributed by atoms with Crippen molar-refractivity contribution >= 4 is 40.9 Å². The van der Waals surface area contributed by atoms with E-state index in [4.69, 9.17) is 18.9 Å². The molecule has 60 heavy (non-hydrogen) atoms. The summed E-state index contributed by atoms with van der Waals surface area (Å²) in [4.78, 5) is 66.1. The highest BCUT2D eigenvalue weighted by Gasteiger charge is 2.81. The Labute approximate surface area is 349 Å². The van der Waals surface area contributed by atoms with Crippen LogP contribution in [-0.2, 0) is 50.6 Å². The summed E-state index contributed by atoms with van der Waals surface area (Å²) in [6, 6.07) is 9.97. The number of esters is 3. The van der Waals surface area contributed by atoms with E-state index in [0.29, 0.717) is 99.5 Å². The number of methoxy groups -OCH3 is 3. The Balaban J connectivity index is 1.38. The number of hydrogen-bond acceptors (Lipinski definition) is 12. The van der Waals surface area contributed by atoms with Gasteiger partial charge in [0.15, 0.2) is 6.10 Å². The lowest BCUT2D eigenvalue weighted by Crippen LogP contribution is -2.81. The van der Waals surface area contributed by atoms with Crippen LogP contribution in [0.25, 0.3) is 10.9 Å². The third kappa shape index (κ3) is 5.19. The number of nitrogens with zero attached hydrogens (tertiary/aromatic N) is 3. The number of anilines is 1. The summed E-state index contributed by atoms with van der Waals surface area (Å²) >= 11 is 0. The van der Waals surface area contributed by atoms with E-state index in [1.54, 1.807) is 6.07 Å². The van der Waals surface area contributed by atoms with Gasteiger partial charge in [0.2, 0.25) is 12.0 Å². The van der Waals surface area contributed by atoms with Crippen LogP contribution in [0.2, 0.25) is 0 Å². The number of nitrogens with one attached hydrogen (secondary N) is 1. The lowest BCUT2D eigenvalue weighted by atomic mass is 9.47. The second-order valence-corrected chi connectivity index (χ2v) is 18.1. The number of amides is 1. The fourth-order valence-corrected chi connectivity index (χ4v) is 13.4. The number of hydrogen-bond donors (Lipinski definition) is 3. The second kappa shape index (κ2) is 14.1. The van der Waals surface area contributed by atoms with Gasteiger partial charge in [0, 0.05) is 78.2 Å². The first kappa shape index (κ1) is 40.6. The van der Waals surface area contributed by atoms with Crippen LogP contribution in [0.1, 0.15) is 75.3 Å². The summed E-state index contributed by atoms with van der Waals surface area (Å²) < 4.78 is 23.7. The molecule has 2 bridgehead atoms. The van der Waals surface area contributed by atoms with Gasteiger partial charge in [0.25, 0.3) is 0 Å². The van der Waals surface area contributed by atoms with Crippen molar-refractivity contribution in [2.45, 2.75) is 99.5 Å². The maximum atomic E-state index is 15.3. The Kier molecular flexibility index (Phi) is 9.58. The largest absolute Gasteiger partial charge is 0.496 e. The zero-order valence-electron chi connectivity index (χ0n) is 35.3. The minimum Gasteiger partial charge on any atom is -0.496 e. The Hall–Kier alpha value is -4.76. The molecule has 14 heteroatoms. The van der Waals surface area contributed by atoms with Crippen LogP contribution in [-0.4, -0.2) is 133 Å². The number of piperidine rings is 1. The predicted molar refractivity (Wildman–Crippen MR) is 221 cm³/mol. The van der Waals surface area contributed by atoms with Crippen molar-refractivity contribution in [1.82, 2.24) is 14.8 Å². The standard InChI is InChI=1S/C46H56N4O10/c1-7-42(55)22-28-23-45(40(53)58-5,36-30(14-18-48(24-28)25-42)29-12-9-10-13-33(29)47-36)32-20-31-34(21-35(32)57-4)50(26-51)38-44(31)16-19-49-17-11-15-43(8-2,37(44)49)39(60-27(3)52)46(38,56)41(54)59-6/h9-13,15,20-21,26,28,37-39,47,55-56H,7-8,14,16-19,22-25H2,1-6H3/t28-,37+,38-,39-,42+,43-,44+,45+,46+/m1/s1. The molecule has 5 aliphatic heterocycles. The van der Waals surface area contributed by atoms with E-state index in [-0.39, 0.29) is 12.3 Å². The van der Waals surface area contributed by atoms with Gasteiger partial charge in [-0.2, -0.15) is 0 Å². The molecule has 320 valence electrons. The molecule has 1 aromatic heterocycles. The highest BCUT2D eigenvalue weighted by molar-refractivity contribution is 5.96. The number of H-pyrrole nitrogens is 1. The number of fused-ring (bicyclic) bond motifs is 6. The Morgan fingerprint density at radius 3 is 2.42 bits per heavy atom. The number of benzene rings is 2. The number of aromatic nitrogens is 1. The Bertz CT molecular complexity index is 2310. The molecule has 3 fully saturated rings. The molecular formula is C46H56N4O10. The van der Waals surface area contributed by atoms with E-state index in [1.165, 1.54) is 33.2 Å². The predicted octanol–water partition coefficient (Wildman–Crippen LogP) is 3.52. The third-order valence-electron chi connectivity index (χ3n) is 15.5. The lowest BCUT2D eigenvalue weighted by molar-refractivity contribution is -0.228. The van der Waals surface area contributed by atoms with Gasteiger partial charge in [-0.1, -0.05) is 44.2 Å². The van der Waals surface area contributed by atoms with E-state index in [9.17, 15) is 24.6 Å². The molecule has 0 radical (unpaired) electrons. The molecule has 9 rings (SSSR count). The van der Waals surface area contributed by atoms with Gasteiger partial charge in [-0.3, -0.25) is 24.2 Å². The monoisotopic (exact) mass is 824 g/mol. The first-order valence-electron chi connectivity index (χ1n) is 21.3. The van der Waals surface area contributed by atoms with E-state index >= 15 is 4.79 Å². The topological polar surface area (TPSA) is 171 Å². The van der Waals surface area contributed by atoms with E-state index < -0.39 is 63.5 Å². The molecule has 14 nitrogen and oxygen atoms in total. The summed E-state index contributed by atoms with van der Waals surface area (Å²) in [5.74, 6) is -2.06. The van der Waals surface area contributed by atoms with Gasteiger partial charge < -0.3 is 39.0 Å². The van der Waals surface area contributed by atoms with Gasteiger partial charge in [0.1, 0.15) is 11.2 Å². The van der Waals surface area contributed by atoms with Crippen LogP contribution < -0.4 is 9.64 Å². The third-order valence-corrected chi connectivity index (χ3v) is 15.5. The minimum absolute atomic E-state index is 0.155. The molecule has 1 aliphatic carbocycles.